The lowest BCUT2D eigenvalue weighted by molar-refractivity contribution is 0.232. The topological polar surface area (TPSA) is 50.7 Å². The second kappa shape index (κ2) is 6.05. The number of aliphatic hydroxyl groups excluding tert-OH is 1. The summed E-state index contributed by atoms with van der Waals surface area (Å²) >= 11 is 0. The summed E-state index contributed by atoms with van der Waals surface area (Å²) in [6, 6.07) is 6.04. The first-order valence-corrected chi connectivity index (χ1v) is 5.98. The molecule has 0 spiro atoms. The molecular weight excluding hydrogens is 217 g/mol. The lowest BCUT2D eigenvalue weighted by Gasteiger charge is -2.12. The number of fused-ring (bicyclic) bond motifs is 1. The Hall–Kier alpha value is -1.04. The zero-order valence-electron chi connectivity index (χ0n) is 10.1. The third-order valence-electron chi connectivity index (χ3n) is 2.89. The number of hydrogen-bond acceptors (Lipinski definition) is 4. The van der Waals surface area contributed by atoms with Crippen molar-refractivity contribution in [3.05, 3.63) is 23.8 Å². The van der Waals surface area contributed by atoms with Crippen LogP contribution in [-0.4, -0.2) is 39.4 Å². The van der Waals surface area contributed by atoms with Gasteiger partial charge in [0.25, 0.3) is 0 Å². The van der Waals surface area contributed by atoms with Crippen LogP contribution in [0.15, 0.2) is 18.2 Å². The van der Waals surface area contributed by atoms with E-state index >= 15 is 0 Å². The van der Waals surface area contributed by atoms with Crippen molar-refractivity contribution in [1.82, 2.24) is 5.32 Å². The van der Waals surface area contributed by atoms with Crippen molar-refractivity contribution in [3.63, 3.8) is 0 Å². The highest BCUT2D eigenvalue weighted by Crippen LogP contribution is 2.24. The van der Waals surface area contributed by atoms with E-state index in [2.05, 4.69) is 11.4 Å². The molecule has 1 aromatic carbocycles. The maximum Gasteiger partial charge on any atom is 0.313 e. The molecule has 1 aromatic rings. The van der Waals surface area contributed by atoms with Gasteiger partial charge in [-0.2, -0.15) is 0 Å². The Bertz CT molecular complexity index is 373. The van der Waals surface area contributed by atoms with E-state index in [0.717, 1.165) is 17.8 Å². The van der Waals surface area contributed by atoms with Gasteiger partial charge < -0.3 is 19.8 Å². The van der Waals surface area contributed by atoms with Crippen molar-refractivity contribution >= 4 is 12.9 Å². The van der Waals surface area contributed by atoms with Crippen molar-refractivity contribution < 1.29 is 14.5 Å². The first-order valence-electron chi connectivity index (χ1n) is 5.98. The Kier molecular flexibility index (Phi) is 4.42. The monoisotopic (exact) mass is 235 g/mol. The van der Waals surface area contributed by atoms with E-state index in [1.54, 1.807) is 0 Å². The van der Waals surface area contributed by atoms with E-state index in [4.69, 9.17) is 14.5 Å². The summed E-state index contributed by atoms with van der Waals surface area (Å²) in [4.78, 5) is 0. The van der Waals surface area contributed by atoms with Crippen LogP contribution in [0.4, 0.5) is 0 Å². The zero-order valence-corrected chi connectivity index (χ0v) is 10.1. The molecule has 2 rings (SSSR count). The molecule has 1 aliphatic heterocycles. The van der Waals surface area contributed by atoms with E-state index in [1.807, 2.05) is 19.2 Å². The molecule has 0 aliphatic carbocycles. The minimum atomic E-state index is 0.122. The number of benzene rings is 1. The van der Waals surface area contributed by atoms with E-state index in [0.29, 0.717) is 20.5 Å². The zero-order chi connectivity index (χ0) is 12.1. The minimum absolute atomic E-state index is 0.122. The molecule has 2 N–H and O–H groups in total. The Labute approximate surface area is 102 Å². The summed E-state index contributed by atoms with van der Waals surface area (Å²) in [7, 11) is 2.53. The largest absolute Gasteiger partial charge is 0.494 e. The Morgan fingerprint density at radius 2 is 2.41 bits per heavy atom. The van der Waals surface area contributed by atoms with Crippen LogP contribution in [0.5, 0.6) is 5.75 Å². The molecule has 1 aliphatic rings. The van der Waals surface area contributed by atoms with Gasteiger partial charge >= 0.3 is 7.48 Å². The van der Waals surface area contributed by atoms with Gasteiger partial charge in [-0.25, -0.2) is 0 Å². The summed E-state index contributed by atoms with van der Waals surface area (Å²) in [5.41, 5.74) is 2.35. The number of nitrogens with one attached hydrogen (secondary N) is 1. The SMILES string of the molecule is CNCC1OBc2c(OCCCO)cccc21. The normalized spacial score (nSPS) is 17.6. The summed E-state index contributed by atoms with van der Waals surface area (Å²) in [6.07, 6.45) is 0.779. The van der Waals surface area contributed by atoms with Gasteiger partial charge in [0.1, 0.15) is 5.75 Å². The molecule has 1 atom stereocenters. The van der Waals surface area contributed by atoms with Gasteiger partial charge in [0.15, 0.2) is 0 Å². The van der Waals surface area contributed by atoms with Crippen LogP contribution in [0.2, 0.25) is 0 Å². The summed E-state index contributed by atoms with van der Waals surface area (Å²) in [6.45, 7) is 1.52. The molecule has 0 amide bonds. The van der Waals surface area contributed by atoms with E-state index in [1.165, 1.54) is 5.56 Å². The van der Waals surface area contributed by atoms with Crippen LogP contribution in [0.25, 0.3) is 0 Å². The molecule has 0 aromatic heterocycles. The molecule has 0 fully saturated rings. The predicted octanol–water partition coefficient (Wildman–Crippen LogP) is -0.285. The van der Waals surface area contributed by atoms with Gasteiger partial charge in [-0.05, 0) is 24.1 Å². The fourth-order valence-electron chi connectivity index (χ4n) is 2.05. The molecular formula is C12H18BNO3. The lowest BCUT2D eigenvalue weighted by atomic mass is 9.85. The molecule has 0 bridgehead atoms. The van der Waals surface area contributed by atoms with Crippen LogP contribution < -0.4 is 15.5 Å². The van der Waals surface area contributed by atoms with Gasteiger partial charge in [-0.3, -0.25) is 0 Å². The number of aliphatic hydroxyl groups is 1. The maximum absolute atomic E-state index is 8.74. The molecule has 1 heterocycles. The van der Waals surface area contributed by atoms with Crippen LogP contribution in [0.3, 0.4) is 0 Å². The first-order chi connectivity index (χ1) is 8.36. The molecule has 1 unspecified atom stereocenters. The van der Waals surface area contributed by atoms with Gasteiger partial charge in [0.2, 0.25) is 0 Å². The fraction of sp³-hybridized carbons (Fsp3) is 0.500. The van der Waals surface area contributed by atoms with E-state index in [9.17, 15) is 0 Å². The number of hydrogen-bond donors (Lipinski definition) is 2. The Balaban J connectivity index is 2.09. The van der Waals surface area contributed by atoms with Crippen molar-refractivity contribution in [2.75, 3.05) is 26.8 Å². The van der Waals surface area contributed by atoms with Crippen molar-refractivity contribution in [1.29, 1.82) is 0 Å². The highest BCUT2D eigenvalue weighted by atomic mass is 16.5. The number of rotatable bonds is 6. The lowest BCUT2D eigenvalue weighted by Crippen LogP contribution is -2.18. The van der Waals surface area contributed by atoms with E-state index in [-0.39, 0.29) is 12.7 Å². The quantitative estimate of drug-likeness (QED) is 0.525. The summed E-state index contributed by atoms with van der Waals surface area (Å²) in [5, 5.41) is 11.9. The van der Waals surface area contributed by atoms with Crippen LogP contribution in [0, 0.1) is 0 Å². The first kappa shape index (κ1) is 12.4. The molecule has 0 saturated carbocycles. The molecule has 17 heavy (non-hydrogen) atoms. The Morgan fingerprint density at radius 3 is 3.18 bits per heavy atom. The molecule has 92 valence electrons. The second-order valence-corrected chi connectivity index (χ2v) is 4.11. The van der Waals surface area contributed by atoms with Gasteiger partial charge in [0.05, 0.1) is 12.7 Å². The summed E-state index contributed by atoms with van der Waals surface area (Å²) < 4.78 is 11.4. The van der Waals surface area contributed by atoms with Crippen molar-refractivity contribution in [2.45, 2.75) is 12.5 Å². The van der Waals surface area contributed by atoms with Gasteiger partial charge in [0, 0.05) is 19.6 Å². The fourth-order valence-corrected chi connectivity index (χ4v) is 2.05. The molecule has 0 saturated heterocycles. The van der Waals surface area contributed by atoms with Gasteiger partial charge in [-0.15, -0.1) is 0 Å². The highest BCUT2D eigenvalue weighted by Gasteiger charge is 2.26. The third-order valence-corrected chi connectivity index (χ3v) is 2.89. The smallest absolute Gasteiger partial charge is 0.313 e. The van der Waals surface area contributed by atoms with Crippen molar-refractivity contribution in [3.8, 4) is 5.75 Å². The standard InChI is InChI=1S/C12H18BNO3/c1-14-8-11-9-4-2-5-10(12(9)13-17-11)16-7-3-6-15/h2,4-5,11,13-15H,3,6-8H2,1H3. The van der Waals surface area contributed by atoms with Crippen LogP contribution in [-0.2, 0) is 4.65 Å². The average Bonchev–Trinajstić information content (AvgIpc) is 2.75. The molecule has 0 radical (unpaired) electrons. The summed E-state index contributed by atoms with van der Waals surface area (Å²) in [5.74, 6) is 0.884. The highest BCUT2D eigenvalue weighted by molar-refractivity contribution is 6.50. The second-order valence-electron chi connectivity index (χ2n) is 4.11. The van der Waals surface area contributed by atoms with Crippen molar-refractivity contribution in [2.24, 2.45) is 0 Å². The van der Waals surface area contributed by atoms with E-state index < -0.39 is 0 Å². The van der Waals surface area contributed by atoms with Crippen LogP contribution >= 0.6 is 0 Å². The minimum Gasteiger partial charge on any atom is -0.494 e. The number of ether oxygens (including phenoxy) is 1. The Morgan fingerprint density at radius 1 is 1.53 bits per heavy atom. The van der Waals surface area contributed by atoms with Crippen LogP contribution in [0.1, 0.15) is 18.1 Å². The third kappa shape index (κ3) is 2.80. The molecule has 5 heteroatoms. The average molecular weight is 235 g/mol. The number of likely N-dealkylation sites (N-methyl/N-ethyl adjacent to an activating group) is 1. The molecule has 4 nitrogen and oxygen atoms in total. The van der Waals surface area contributed by atoms with Gasteiger partial charge in [-0.1, -0.05) is 12.1 Å². The maximum atomic E-state index is 8.74. The predicted molar refractivity (Wildman–Crippen MR) is 68.2 cm³/mol.